The first-order chi connectivity index (χ1) is 21.4. The van der Waals surface area contributed by atoms with E-state index >= 15 is 0 Å². The number of rotatable bonds is 7. The van der Waals surface area contributed by atoms with Gasteiger partial charge in [0.25, 0.3) is 0 Å². The van der Waals surface area contributed by atoms with Crippen LogP contribution in [0.4, 0.5) is 0 Å². The lowest BCUT2D eigenvalue weighted by Gasteiger charge is -2.33. The number of aryl methyl sites for hydroxylation is 1. The second kappa shape index (κ2) is 13.7. The Kier molecular flexibility index (Phi) is 10.2. The molecular formula is C35H47NO9. The van der Waals surface area contributed by atoms with Crippen molar-refractivity contribution in [2.75, 3.05) is 7.11 Å². The van der Waals surface area contributed by atoms with Crippen molar-refractivity contribution in [3.8, 4) is 0 Å². The minimum Gasteiger partial charge on any atom is -0.462 e. The Morgan fingerprint density at radius 1 is 1.16 bits per heavy atom. The van der Waals surface area contributed by atoms with Crippen LogP contribution in [0.3, 0.4) is 0 Å². The molecule has 1 aromatic heterocycles. The Bertz CT molecular complexity index is 1360. The maximum atomic E-state index is 13.4. The summed E-state index contributed by atoms with van der Waals surface area (Å²) in [6, 6.07) is 0. The van der Waals surface area contributed by atoms with Crippen molar-refractivity contribution in [3.05, 3.63) is 59.4 Å². The fraction of sp³-hybridized carbons (Fsp3) is 0.629. The van der Waals surface area contributed by atoms with E-state index in [0.717, 1.165) is 16.8 Å². The molecule has 246 valence electrons. The molecule has 0 radical (unpaired) electrons. The summed E-state index contributed by atoms with van der Waals surface area (Å²) in [6.07, 6.45) is 11.7. The van der Waals surface area contributed by atoms with Crippen molar-refractivity contribution in [2.24, 2.45) is 17.8 Å². The van der Waals surface area contributed by atoms with E-state index in [0.29, 0.717) is 25.2 Å². The van der Waals surface area contributed by atoms with Gasteiger partial charge in [0, 0.05) is 38.7 Å². The first-order valence-electron chi connectivity index (χ1n) is 16.0. The molecule has 11 atom stereocenters. The van der Waals surface area contributed by atoms with Crippen molar-refractivity contribution in [2.45, 2.75) is 116 Å². The van der Waals surface area contributed by atoms with E-state index in [1.165, 1.54) is 0 Å². The van der Waals surface area contributed by atoms with Crippen LogP contribution in [0, 0.1) is 24.7 Å². The fourth-order valence-corrected chi connectivity index (χ4v) is 6.64. The minimum absolute atomic E-state index is 0.0130. The standard InChI is InChI=1S/C35H47NO9/c1-19(13-25-18-41-23(5)36-25)9-8-10-21(3)32(40-7)22(4)27-17-29(37)35(6)30(45-35)12-11-20(2)26-14-24(16-31(38)42-26)15-28-33(43-28)34(39)44-27/h8-13,18,20,22,24,26-30,32-33,37H,14-17H2,1-7H3/t20-,22+,24+,26-,27+,28+,29+,30-,32+,33-,35-/m1/s1. The number of aromatic nitrogens is 1. The number of carbonyl (C=O) groups excluding carboxylic acids is 2. The SMILES string of the molecule is CO[C@@H](C(C)=CC=CC(C)=Cc1coc(C)n1)[C@@H](C)[C@@H]1C[C@H](O)[C@@]2(C)O[C@@H]2C=C[C@@H](C)[C@H]2C[C@H](CC(=O)O2)C[C@@H]2O[C@H]2C(=O)O1. The van der Waals surface area contributed by atoms with Gasteiger partial charge in [0.2, 0.25) is 0 Å². The third kappa shape index (κ3) is 8.03. The zero-order chi connectivity index (χ0) is 32.5. The van der Waals surface area contributed by atoms with Crippen molar-refractivity contribution in [3.63, 3.8) is 0 Å². The number of epoxide rings is 2. The van der Waals surface area contributed by atoms with Gasteiger partial charge in [-0.05, 0) is 56.8 Å². The number of esters is 2. The van der Waals surface area contributed by atoms with Gasteiger partial charge in [-0.25, -0.2) is 9.78 Å². The first-order valence-corrected chi connectivity index (χ1v) is 16.0. The van der Waals surface area contributed by atoms with E-state index in [1.54, 1.807) is 20.3 Å². The number of allylic oxidation sites excluding steroid dienone is 4. The van der Waals surface area contributed by atoms with Crippen LogP contribution in [-0.4, -0.2) is 77.5 Å². The van der Waals surface area contributed by atoms with Gasteiger partial charge < -0.3 is 33.2 Å². The van der Waals surface area contributed by atoms with Gasteiger partial charge in [0.1, 0.15) is 35.9 Å². The predicted molar refractivity (Wildman–Crippen MR) is 166 cm³/mol. The summed E-state index contributed by atoms with van der Waals surface area (Å²) in [4.78, 5) is 30.1. The Morgan fingerprint density at radius 3 is 2.62 bits per heavy atom. The lowest BCUT2D eigenvalue weighted by atomic mass is 9.84. The van der Waals surface area contributed by atoms with Gasteiger partial charge in [-0.3, -0.25) is 4.79 Å². The lowest BCUT2D eigenvalue weighted by Crippen LogP contribution is -2.42. The van der Waals surface area contributed by atoms with Crippen LogP contribution in [-0.2, 0) is 33.3 Å². The van der Waals surface area contributed by atoms with Gasteiger partial charge >= 0.3 is 11.9 Å². The second-order valence-corrected chi connectivity index (χ2v) is 13.3. The molecule has 0 aliphatic carbocycles. The molecule has 0 amide bonds. The van der Waals surface area contributed by atoms with Crippen LogP contribution < -0.4 is 0 Å². The van der Waals surface area contributed by atoms with Crippen molar-refractivity contribution >= 4 is 18.0 Å². The third-order valence-corrected chi connectivity index (χ3v) is 9.63. The Morgan fingerprint density at radius 2 is 1.91 bits per heavy atom. The van der Waals surface area contributed by atoms with Crippen LogP contribution in [0.1, 0.15) is 71.9 Å². The molecule has 3 fully saturated rings. The molecule has 1 N–H and O–H groups in total. The molecule has 5 heterocycles. The van der Waals surface area contributed by atoms with E-state index in [4.69, 9.17) is 28.1 Å². The van der Waals surface area contributed by atoms with Crippen molar-refractivity contribution in [1.29, 1.82) is 0 Å². The van der Waals surface area contributed by atoms with E-state index in [2.05, 4.69) is 4.98 Å². The van der Waals surface area contributed by atoms with E-state index in [-0.39, 0.29) is 48.5 Å². The van der Waals surface area contributed by atoms with Crippen LogP contribution >= 0.6 is 0 Å². The highest BCUT2D eigenvalue weighted by atomic mass is 16.6. The highest BCUT2D eigenvalue weighted by Gasteiger charge is 2.57. The summed E-state index contributed by atoms with van der Waals surface area (Å²) in [5.41, 5.74) is 1.86. The van der Waals surface area contributed by atoms with Gasteiger partial charge in [0.15, 0.2) is 12.0 Å². The minimum atomic E-state index is -0.905. The molecule has 10 heteroatoms. The molecule has 2 bridgehead atoms. The van der Waals surface area contributed by atoms with Crippen molar-refractivity contribution < 1.29 is 42.8 Å². The number of aliphatic hydroxyl groups excluding tert-OH is 1. The number of hydrogen-bond donors (Lipinski definition) is 1. The monoisotopic (exact) mass is 625 g/mol. The fourth-order valence-electron chi connectivity index (χ4n) is 6.64. The zero-order valence-corrected chi connectivity index (χ0v) is 27.3. The molecule has 1 aromatic rings. The summed E-state index contributed by atoms with van der Waals surface area (Å²) in [6.45, 7) is 11.6. The molecule has 45 heavy (non-hydrogen) atoms. The number of nitrogens with zero attached hydrogens (tertiary/aromatic N) is 1. The van der Waals surface area contributed by atoms with E-state index < -0.39 is 36.0 Å². The third-order valence-electron chi connectivity index (χ3n) is 9.63. The number of carbonyl (C=O) groups is 2. The highest BCUT2D eigenvalue weighted by molar-refractivity contribution is 5.78. The number of aliphatic hydroxyl groups is 1. The van der Waals surface area contributed by atoms with Crippen molar-refractivity contribution in [1.82, 2.24) is 4.98 Å². The van der Waals surface area contributed by atoms with Gasteiger partial charge in [-0.15, -0.1) is 0 Å². The number of methoxy groups -OCH3 is 1. The maximum absolute atomic E-state index is 13.4. The average molecular weight is 626 g/mol. The first kappa shape index (κ1) is 33.3. The molecule has 5 rings (SSSR count). The highest BCUT2D eigenvalue weighted by Crippen LogP contribution is 2.44. The molecule has 10 nitrogen and oxygen atoms in total. The summed E-state index contributed by atoms with van der Waals surface area (Å²) in [5, 5.41) is 11.4. The molecule has 0 aromatic carbocycles. The van der Waals surface area contributed by atoms with E-state index in [9.17, 15) is 14.7 Å². The lowest BCUT2D eigenvalue weighted by molar-refractivity contribution is -0.159. The largest absolute Gasteiger partial charge is 0.462 e. The van der Waals surface area contributed by atoms with Crippen LogP contribution in [0.15, 0.2) is 52.2 Å². The van der Waals surface area contributed by atoms with Crippen LogP contribution in [0.25, 0.3) is 6.08 Å². The molecular weight excluding hydrogens is 578 g/mol. The number of cyclic esters (lactones) is 1. The average Bonchev–Trinajstić information content (AvgIpc) is 3.86. The number of oxazole rings is 1. The summed E-state index contributed by atoms with van der Waals surface area (Å²) in [5.74, 6) is -0.316. The Hall–Kier alpha value is -3.05. The van der Waals surface area contributed by atoms with Gasteiger partial charge in [-0.2, -0.15) is 0 Å². The molecule has 4 aliphatic heterocycles. The Balaban J connectivity index is 1.33. The van der Waals surface area contributed by atoms with E-state index in [1.807, 2.05) is 71.1 Å². The number of fused-ring (bicyclic) bond motifs is 4. The molecule has 3 saturated heterocycles. The topological polar surface area (TPSA) is 133 Å². The van der Waals surface area contributed by atoms with Gasteiger partial charge in [0.05, 0.1) is 18.3 Å². The molecule has 4 aliphatic rings. The quantitative estimate of drug-likeness (QED) is 0.190. The molecule has 0 spiro atoms. The summed E-state index contributed by atoms with van der Waals surface area (Å²) >= 11 is 0. The Labute approximate surface area is 265 Å². The second-order valence-electron chi connectivity index (χ2n) is 13.3. The van der Waals surface area contributed by atoms with Crippen LogP contribution in [0.5, 0.6) is 0 Å². The molecule has 0 unspecified atom stereocenters. The number of hydrogen-bond acceptors (Lipinski definition) is 10. The summed E-state index contributed by atoms with van der Waals surface area (Å²) in [7, 11) is 1.63. The summed E-state index contributed by atoms with van der Waals surface area (Å²) < 4.78 is 34.7. The predicted octanol–water partition coefficient (Wildman–Crippen LogP) is 5.05. The molecule has 0 saturated carbocycles. The zero-order valence-electron chi connectivity index (χ0n) is 27.3. The normalized spacial score (nSPS) is 37.3. The maximum Gasteiger partial charge on any atom is 0.338 e. The van der Waals surface area contributed by atoms with Gasteiger partial charge in [-0.1, -0.05) is 44.2 Å². The van der Waals surface area contributed by atoms with Crippen LogP contribution in [0.2, 0.25) is 0 Å². The smallest absolute Gasteiger partial charge is 0.338 e. The number of ether oxygens (including phenoxy) is 5.